The number of hydrogen-bond donors (Lipinski definition) is 2. The van der Waals surface area contributed by atoms with Crippen molar-refractivity contribution >= 4 is 15.8 Å². The van der Waals surface area contributed by atoms with E-state index in [0.717, 1.165) is 0 Å². The number of anilines is 1. The van der Waals surface area contributed by atoms with E-state index in [0.29, 0.717) is 12.2 Å². The van der Waals surface area contributed by atoms with Gasteiger partial charge in [0, 0.05) is 13.6 Å². The molecule has 1 heterocycles. The van der Waals surface area contributed by atoms with E-state index in [1.54, 1.807) is 20.9 Å². The third-order valence-electron chi connectivity index (χ3n) is 1.91. The average molecular weight is 218 g/mol. The fraction of sp³-hybridized carbons (Fsp3) is 0.571. The lowest BCUT2D eigenvalue weighted by atomic mass is 10.5. The van der Waals surface area contributed by atoms with Gasteiger partial charge < -0.3 is 5.73 Å². The Morgan fingerprint density at radius 2 is 2.14 bits per heavy atom. The lowest BCUT2D eigenvalue weighted by molar-refractivity contribution is 0.583. The van der Waals surface area contributed by atoms with Crippen LogP contribution in [0.3, 0.4) is 0 Å². The highest BCUT2D eigenvalue weighted by atomic mass is 32.2. The number of nitrogen functional groups attached to an aromatic ring is 1. The molecule has 0 spiro atoms. The second kappa shape index (κ2) is 3.58. The molecule has 3 N–H and O–H groups in total. The summed E-state index contributed by atoms with van der Waals surface area (Å²) in [6.45, 7) is 3.70. The highest BCUT2D eigenvalue weighted by Crippen LogP contribution is 2.20. The van der Waals surface area contributed by atoms with Crippen LogP contribution in [-0.2, 0) is 17.1 Å². The van der Waals surface area contributed by atoms with Gasteiger partial charge in [-0.15, -0.1) is 0 Å². The van der Waals surface area contributed by atoms with Crippen molar-refractivity contribution in [1.82, 2.24) is 14.5 Å². The molecule has 1 rings (SSSR count). The van der Waals surface area contributed by atoms with Gasteiger partial charge in [0.15, 0.2) is 5.82 Å². The monoisotopic (exact) mass is 218 g/mol. The Bertz CT molecular complexity index is 435. The van der Waals surface area contributed by atoms with Crippen molar-refractivity contribution in [2.45, 2.75) is 18.7 Å². The van der Waals surface area contributed by atoms with Crippen LogP contribution in [0.4, 0.5) is 5.82 Å². The van der Waals surface area contributed by atoms with Crippen LogP contribution in [0.15, 0.2) is 4.90 Å². The zero-order valence-corrected chi connectivity index (χ0v) is 9.22. The molecule has 0 bridgehead atoms. The van der Waals surface area contributed by atoms with Crippen molar-refractivity contribution in [3.8, 4) is 0 Å². The lowest BCUT2D eigenvalue weighted by Gasteiger charge is -2.03. The van der Waals surface area contributed by atoms with Crippen molar-refractivity contribution in [2.24, 2.45) is 7.05 Å². The van der Waals surface area contributed by atoms with Gasteiger partial charge in [-0.05, 0) is 6.92 Å². The Balaban J connectivity index is 3.32. The molecule has 1 aromatic heterocycles. The van der Waals surface area contributed by atoms with Gasteiger partial charge in [-0.25, -0.2) is 13.1 Å². The summed E-state index contributed by atoms with van der Waals surface area (Å²) in [5.74, 6) is 0.0333. The van der Waals surface area contributed by atoms with E-state index in [-0.39, 0.29) is 10.7 Å². The number of hydrogen-bond acceptors (Lipinski definition) is 4. The third kappa shape index (κ3) is 1.73. The molecule has 7 heteroatoms. The SMILES string of the molecule is CCNS(=O)(=O)c1c(N)nn(C)c1C. The van der Waals surface area contributed by atoms with Crippen LogP contribution in [0.1, 0.15) is 12.6 Å². The molecule has 80 valence electrons. The Hall–Kier alpha value is -1.08. The van der Waals surface area contributed by atoms with Crippen LogP contribution in [0.5, 0.6) is 0 Å². The minimum atomic E-state index is -3.51. The first-order valence-electron chi connectivity index (χ1n) is 4.19. The maximum atomic E-state index is 11.6. The van der Waals surface area contributed by atoms with E-state index in [9.17, 15) is 8.42 Å². The van der Waals surface area contributed by atoms with Crippen LogP contribution >= 0.6 is 0 Å². The summed E-state index contributed by atoms with van der Waals surface area (Å²) in [6.07, 6.45) is 0. The lowest BCUT2D eigenvalue weighted by Crippen LogP contribution is -2.24. The topological polar surface area (TPSA) is 90.0 Å². The number of aryl methyl sites for hydroxylation is 1. The zero-order chi connectivity index (χ0) is 10.9. The van der Waals surface area contributed by atoms with Crippen molar-refractivity contribution in [3.05, 3.63) is 5.69 Å². The number of nitrogens with one attached hydrogen (secondary N) is 1. The molecule has 0 aliphatic rings. The van der Waals surface area contributed by atoms with Crippen LogP contribution in [0.2, 0.25) is 0 Å². The maximum absolute atomic E-state index is 11.6. The molecule has 0 radical (unpaired) electrons. The van der Waals surface area contributed by atoms with Crippen LogP contribution in [0.25, 0.3) is 0 Å². The smallest absolute Gasteiger partial charge is 0.246 e. The maximum Gasteiger partial charge on any atom is 0.246 e. The third-order valence-corrected chi connectivity index (χ3v) is 3.62. The highest BCUT2D eigenvalue weighted by Gasteiger charge is 2.23. The molecule has 1 aromatic rings. The predicted octanol–water partition coefficient (Wildman–Crippen LogP) is -0.391. The van der Waals surface area contributed by atoms with Gasteiger partial charge in [0.25, 0.3) is 0 Å². The fourth-order valence-corrected chi connectivity index (χ4v) is 2.57. The number of sulfonamides is 1. The molecular formula is C7H14N4O2S. The molecule has 0 saturated carbocycles. The summed E-state index contributed by atoms with van der Waals surface area (Å²) >= 11 is 0. The largest absolute Gasteiger partial charge is 0.381 e. The van der Waals surface area contributed by atoms with E-state index >= 15 is 0 Å². The van der Waals surface area contributed by atoms with Crippen molar-refractivity contribution in [3.63, 3.8) is 0 Å². The molecule has 0 saturated heterocycles. The van der Waals surface area contributed by atoms with E-state index in [4.69, 9.17) is 5.73 Å². The van der Waals surface area contributed by atoms with E-state index in [1.807, 2.05) is 0 Å². The second-order valence-electron chi connectivity index (χ2n) is 2.92. The molecule has 0 aromatic carbocycles. The fourth-order valence-electron chi connectivity index (χ4n) is 1.21. The minimum Gasteiger partial charge on any atom is -0.381 e. The van der Waals surface area contributed by atoms with E-state index in [1.165, 1.54) is 4.68 Å². The minimum absolute atomic E-state index is 0.0333. The first-order valence-corrected chi connectivity index (χ1v) is 5.67. The second-order valence-corrected chi connectivity index (χ2v) is 4.63. The molecule has 0 fully saturated rings. The van der Waals surface area contributed by atoms with Gasteiger partial charge >= 0.3 is 0 Å². The van der Waals surface area contributed by atoms with Crippen LogP contribution in [0, 0.1) is 6.92 Å². The Kier molecular flexibility index (Phi) is 2.81. The molecule has 0 aliphatic heterocycles. The summed E-state index contributed by atoms with van der Waals surface area (Å²) in [4.78, 5) is 0.0712. The summed E-state index contributed by atoms with van der Waals surface area (Å²) in [5.41, 5.74) is 6.04. The van der Waals surface area contributed by atoms with Crippen LogP contribution in [-0.4, -0.2) is 24.7 Å². The van der Waals surface area contributed by atoms with Crippen molar-refractivity contribution in [2.75, 3.05) is 12.3 Å². The standard InChI is InChI=1S/C7H14N4O2S/c1-4-9-14(12,13)6-5(2)11(3)10-7(6)8/h9H,4H2,1-3H3,(H2,8,10). The summed E-state index contributed by atoms with van der Waals surface area (Å²) < 4.78 is 27.1. The Morgan fingerprint density at radius 3 is 2.50 bits per heavy atom. The number of aromatic nitrogens is 2. The number of nitrogens with zero attached hydrogens (tertiary/aromatic N) is 2. The molecule has 0 atom stereocenters. The Labute approximate surface area is 83.1 Å². The van der Waals surface area contributed by atoms with Gasteiger partial charge in [-0.3, -0.25) is 4.68 Å². The molecule has 0 aliphatic carbocycles. The van der Waals surface area contributed by atoms with Crippen molar-refractivity contribution < 1.29 is 8.42 Å². The van der Waals surface area contributed by atoms with Gasteiger partial charge in [-0.2, -0.15) is 5.10 Å². The number of nitrogens with two attached hydrogens (primary N) is 1. The average Bonchev–Trinajstić information content (AvgIpc) is 2.26. The van der Waals surface area contributed by atoms with Gasteiger partial charge in [-0.1, -0.05) is 6.92 Å². The Morgan fingerprint density at radius 1 is 1.57 bits per heavy atom. The highest BCUT2D eigenvalue weighted by molar-refractivity contribution is 7.89. The van der Waals surface area contributed by atoms with Crippen LogP contribution < -0.4 is 10.5 Å². The van der Waals surface area contributed by atoms with E-state index < -0.39 is 10.0 Å². The molecule has 14 heavy (non-hydrogen) atoms. The van der Waals surface area contributed by atoms with Gasteiger partial charge in [0.05, 0.1) is 5.69 Å². The number of rotatable bonds is 3. The first kappa shape index (κ1) is 11.0. The van der Waals surface area contributed by atoms with Crippen molar-refractivity contribution in [1.29, 1.82) is 0 Å². The quantitative estimate of drug-likeness (QED) is 0.723. The normalized spacial score (nSPS) is 11.9. The van der Waals surface area contributed by atoms with E-state index in [2.05, 4.69) is 9.82 Å². The summed E-state index contributed by atoms with van der Waals surface area (Å²) in [7, 11) is -1.86. The predicted molar refractivity (Wildman–Crippen MR) is 53.2 cm³/mol. The molecule has 0 unspecified atom stereocenters. The first-order chi connectivity index (χ1) is 6.40. The van der Waals surface area contributed by atoms with Gasteiger partial charge in [0.2, 0.25) is 10.0 Å². The summed E-state index contributed by atoms with van der Waals surface area (Å²) in [6, 6.07) is 0. The zero-order valence-electron chi connectivity index (χ0n) is 8.40. The molecule has 0 amide bonds. The summed E-state index contributed by atoms with van der Waals surface area (Å²) in [5, 5.41) is 3.83. The molecule has 6 nitrogen and oxygen atoms in total. The van der Waals surface area contributed by atoms with Gasteiger partial charge in [0.1, 0.15) is 4.90 Å². The molecular weight excluding hydrogens is 204 g/mol.